The third-order valence-corrected chi connectivity index (χ3v) is 7.50. The van der Waals surface area contributed by atoms with E-state index in [2.05, 4.69) is 24.1 Å². The van der Waals surface area contributed by atoms with E-state index in [0.717, 1.165) is 33.3 Å². The Labute approximate surface area is 238 Å². The van der Waals surface area contributed by atoms with Crippen LogP contribution in [0.2, 0.25) is 10.0 Å². The minimum Gasteiger partial charge on any atom is -0.466 e. The van der Waals surface area contributed by atoms with Crippen LogP contribution in [0.5, 0.6) is 0 Å². The first-order valence-corrected chi connectivity index (χ1v) is 14.2. The number of rotatable bonds is 13. The van der Waals surface area contributed by atoms with E-state index < -0.39 is 0 Å². The van der Waals surface area contributed by atoms with Crippen LogP contribution in [0.3, 0.4) is 0 Å². The van der Waals surface area contributed by atoms with Crippen LogP contribution >= 0.6 is 34.5 Å². The van der Waals surface area contributed by atoms with E-state index in [9.17, 15) is 9.59 Å². The molecule has 204 valence electrons. The molecule has 10 heteroatoms. The molecule has 0 radical (unpaired) electrons. The molecule has 2 aromatic carbocycles. The summed E-state index contributed by atoms with van der Waals surface area (Å²) in [6, 6.07) is 13.0. The summed E-state index contributed by atoms with van der Waals surface area (Å²) in [5.74, 6) is -0.0247. The van der Waals surface area contributed by atoms with Gasteiger partial charge in [0.1, 0.15) is 0 Å². The number of benzene rings is 2. The SMILES string of the molecule is CCOC(=O)CCN(Cc1cccc(C(=O)NCCN)c1)c1nc(-c2ccc(Cl)c(Cl)c2)c(CC(C)C)s1. The Morgan fingerprint density at radius 1 is 1.16 bits per heavy atom. The van der Waals surface area contributed by atoms with Gasteiger partial charge in [0.15, 0.2) is 5.13 Å². The van der Waals surface area contributed by atoms with E-state index >= 15 is 0 Å². The van der Waals surface area contributed by atoms with Crippen molar-refractivity contribution in [1.82, 2.24) is 10.3 Å². The Bertz CT molecular complexity index is 1250. The fourth-order valence-corrected chi connectivity index (χ4v) is 5.49. The molecule has 0 spiro atoms. The van der Waals surface area contributed by atoms with E-state index in [-0.39, 0.29) is 18.3 Å². The Balaban J connectivity index is 1.97. The predicted molar refractivity (Wildman–Crippen MR) is 156 cm³/mol. The number of anilines is 1. The fraction of sp³-hybridized carbons (Fsp3) is 0.393. The van der Waals surface area contributed by atoms with Crippen molar-refractivity contribution in [2.24, 2.45) is 11.7 Å². The van der Waals surface area contributed by atoms with Crippen molar-refractivity contribution in [2.45, 2.75) is 40.2 Å². The van der Waals surface area contributed by atoms with Gasteiger partial charge in [0.2, 0.25) is 0 Å². The molecule has 1 aromatic heterocycles. The van der Waals surface area contributed by atoms with E-state index in [1.807, 2.05) is 30.3 Å². The van der Waals surface area contributed by atoms with Crippen LogP contribution in [-0.2, 0) is 22.5 Å². The molecule has 0 saturated carbocycles. The number of ether oxygens (including phenoxy) is 1. The second kappa shape index (κ2) is 14.5. The standard InChI is InChI=1S/C28H34Cl2N4O3S/c1-4-37-25(35)10-13-34(17-19-6-5-7-21(15-19)27(36)32-12-11-31)28-33-26(24(38-28)14-18(2)3)20-8-9-22(29)23(30)16-20/h5-9,15-16,18H,4,10-14,17,31H2,1-3H3,(H,32,36). The number of carbonyl (C=O) groups excluding carboxylic acids is 2. The quantitative estimate of drug-likeness (QED) is 0.243. The molecular weight excluding hydrogens is 543 g/mol. The number of amides is 1. The molecular formula is C28H34Cl2N4O3S. The minimum atomic E-state index is -0.268. The first-order valence-electron chi connectivity index (χ1n) is 12.6. The highest BCUT2D eigenvalue weighted by Crippen LogP contribution is 2.37. The summed E-state index contributed by atoms with van der Waals surface area (Å²) in [6.45, 7) is 8.11. The molecule has 0 unspecified atom stereocenters. The predicted octanol–water partition coefficient (Wildman–Crippen LogP) is 5.96. The van der Waals surface area contributed by atoms with Gasteiger partial charge in [-0.15, -0.1) is 11.3 Å². The normalized spacial score (nSPS) is 11.0. The number of hydrogen-bond donors (Lipinski definition) is 2. The van der Waals surface area contributed by atoms with Crippen LogP contribution in [0, 0.1) is 5.92 Å². The maximum absolute atomic E-state index is 12.5. The third kappa shape index (κ3) is 8.43. The van der Waals surface area contributed by atoms with Crippen LogP contribution in [0.1, 0.15) is 48.0 Å². The second-order valence-electron chi connectivity index (χ2n) is 9.22. The van der Waals surface area contributed by atoms with Gasteiger partial charge < -0.3 is 20.7 Å². The molecule has 38 heavy (non-hydrogen) atoms. The lowest BCUT2D eigenvalue weighted by molar-refractivity contribution is -0.142. The summed E-state index contributed by atoms with van der Waals surface area (Å²) in [7, 11) is 0. The summed E-state index contributed by atoms with van der Waals surface area (Å²) < 4.78 is 5.17. The van der Waals surface area contributed by atoms with Crippen LogP contribution < -0.4 is 16.0 Å². The van der Waals surface area contributed by atoms with Gasteiger partial charge in [-0.05, 0) is 49.1 Å². The van der Waals surface area contributed by atoms with Crippen molar-refractivity contribution in [3.05, 3.63) is 68.5 Å². The molecule has 1 heterocycles. The molecule has 7 nitrogen and oxygen atoms in total. The molecule has 0 aliphatic rings. The summed E-state index contributed by atoms with van der Waals surface area (Å²) in [4.78, 5) is 32.9. The molecule has 0 fully saturated rings. The van der Waals surface area contributed by atoms with Crippen LogP contribution in [0.25, 0.3) is 11.3 Å². The molecule has 3 aromatic rings. The summed E-state index contributed by atoms with van der Waals surface area (Å²) in [5, 5.41) is 4.54. The van der Waals surface area contributed by atoms with Gasteiger partial charge in [-0.3, -0.25) is 9.59 Å². The van der Waals surface area contributed by atoms with Gasteiger partial charge in [-0.25, -0.2) is 4.98 Å². The molecule has 0 aliphatic heterocycles. The third-order valence-electron chi connectivity index (χ3n) is 5.63. The lowest BCUT2D eigenvalue weighted by atomic mass is 10.0. The maximum atomic E-state index is 12.5. The first-order chi connectivity index (χ1) is 18.2. The number of carbonyl (C=O) groups is 2. The monoisotopic (exact) mass is 576 g/mol. The zero-order valence-corrected chi connectivity index (χ0v) is 24.3. The van der Waals surface area contributed by atoms with Crippen molar-refractivity contribution in [3.8, 4) is 11.3 Å². The van der Waals surface area contributed by atoms with Gasteiger partial charge in [0.05, 0.1) is 28.8 Å². The van der Waals surface area contributed by atoms with Crippen molar-refractivity contribution in [1.29, 1.82) is 0 Å². The van der Waals surface area contributed by atoms with Crippen LogP contribution in [0.4, 0.5) is 5.13 Å². The van der Waals surface area contributed by atoms with Gasteiger partial charge in [0.25, 0.3) is 5.91 Å². The number of nitrogens with one attached hydrogen (secondary N) is 1. The maximum Gasteiger partial charge on any atom is 0.307 e. The Morgan fingerprint density at radius 3 is 2.63 bits per heavy atom. The number of halogens is 2. The number of hydrogen-bond acceptors (Lipinski definition) is 7. The van der Waals surface area contributed by atoms with Crippen LogP contribution in [0.15, 0.2) is 42.5 Å². The van der Waals surface area contributed by atoms with Gasteiger partial charge >= 0.3 is 5.97 Å². The molecule has 0 bridgehead atoms. The topological polar surface area (TPSA) is 97.5 Å². The smallest absolute Gasteiger partial charge is 0.307 e. The molecule has 0 saturated heterocycles. The summed E-state index contributed by atoms with van der Waals surface area (Å²) in [6.07, 6.45) is 1.06. The zero-order valence-electron chi connectivity index (χ0n) is 21.9. The average Bonchev–Trinajstić information content (AvgIpc) is 3.29. The number of esters is 1. The van der Waals surface area contributed by atoms with E-state index in [0.29, 0.717) is 54.3 Å². The largest absolute Gasteiger partial charge is 0.466 e. The zero-order chi connectivity index (χ0) is 27.7. The number of nitrogens with zero attached hydrogens (tertiary/aromatic N) is 2. The van der Waals surface area contributed by atoms with Crippen molar-refractivity contribution >= 4 is 51.5 Å². The average molecular weight is 578 g/mol. The highest BCUT2D eigenvalue weighted by Gasteiger charge is 2.21. The van der Waals surface area contributed by atoms with E-state index in [4.69, 9.17) is 38.7 Å². The fourth-order valence-electron chi connectivity index (χ4n) is 3.87. The van der Waals surface area contributed by atoms with Crippen molar-refractivity contribution < 1.29 is 14.3 Å². The molecule has 0 aliphatic carbocycles. The van der Waals surface area contributed by atoms with Gasteiger partial charge in [0, 0.05) is 42.2 Å². The van der Waals surface area contributed by atoms with Crippen molar-refractivity contribution in [3.63, 3.8) is 0 Å². The van der Waals surface area contributed by atoms with Crippen molar-refractivity contribution in [2.75, 3.05) is 31.1 Å². The van der Waals surface area contributed by atoms with Crippen LogP contribution in [-0.4, -0.2) is 43.1 Å². The van der Waals surface area contributed by atoms with Gasteiger partial charge in [-0.1, -0.05) is 55.2 Å². The lowest BCUT2D eigenvalue weighted by Gasteiger charge is -2.22. The highest BCUT2D eigenvalue weighted by atomic mass is 35.5. The van der Waals surface area contributed by atoms with E-state index in [1.165, 1.54) is 0 Å². The number of nitrogens with two attached hydrogens (primary N) is 1. The number of aromatic nitrogens is 1. The first kappa shape index (κ1) is 29.9. The lowest BCUT2D eigenvalue weighted by Crippen LogP contribution is -2.29. The molecule has 3 N–H and O–H groups in total. The van der Waals surface area contributed by atoms with Gasteiger partial charge in [-0.2, -0.15) is 0 Å². The Morgan fingerprint density at radius 2 is 1.95 bits per heavy atom. The number of thiazole rings is 1. The summed E-state index contributed by atoms with van der Waals surface area (Å²) >= 11 is 14.1. The minimum absolute atomic E-state index is 0.175. The van der Waals surface area contributed by atoms with E-state index in [1.54, 1.807) is 30.4 Å². The second-order valence-corrected chi connectivity index (χ2v) is 11.1. The Kier molecular flexibility index (Phi) is 11.4. The summed E-state index contributed by atoms with van der Waals surface area (Å²) in [5.41, 5.74) is 8.74. The molecule has 1 amide bonds. The molecule has 0 atom stereocenters. The Hall–Kier alpha value is -2.65. The highest BCUT2D eigenvalue weighted by molar-refractivity contribution is 7.16. The molecule has 3 rings (SSSR count).